The Hall–Kier alpha value is -1.19. The topological polar surface area (TPSA) is 38.9 Å². The fourth-order valence-corrected chi connectivity index (χ4v) is 2.57. The quantitative estimate of drug-likeness (QED) is 0.898. The molecule has 90 valence electrons. The third-order valence-corrected chi connectivity index (χ3v) is 3.69. The third kappa shape index (κ3) is 3.14. The number of benzene rings is 1. The fraction of sp³-hybridized carbons (Fsp3) is 0.357. The zero-order valence-corrected chi connectivity index (χ0v) is 11.1. The highest BCUT2D eigenvalue weighted by atomic mass is 32.1. The van der Waals surface area contributed by atoms with Gasteiger partial charge in [0.2, 0.25) is 0 Å². The van der Waals surface area contributed by atoms with Gasteiger partial charge in [-0.1, -0.05) is 24.3 Å². The van der Waals surface area contributed by atoms with E-state index in [4.69, 9.17) is 5.73 Å². The highest BCUT2D eigenvalue weighted by Crippen LogP contribution is 2.25. The van der Waals surface area contributed by atoms with Crippen LogP contribution in [0.4, 0.5) is 0 Å². The van der Waals surface area contributed by atoms with E-state index in [2.05, 4.69) is 41.6 Å². The Bertz CT molecular complexity index is 488. The summed E-state index contributed by atoms with van der Waals surface area (Å²) in [6, 6.07) is 8.61. The van der Waals surface area contributed by atoms with Crippen LogP contribution >= 0.6 is 11.3 Å². The second-order valence-corrected chi connectivity index (χ2v) is 5.40. The SMILES string of the molecule is Cc1ccccc1-c1csc(CCC(C)N)n1. The lowest BCUT2D eigenvalue weighted by atomic mass is 10.1. The highest BCUT2D eigenvalue weighted by molar-refractivity contribution is 7.09. The maximum Gasteiger partial charge on any atom is 0.0933 e. The number of aryl methyl sites for hydroxylation is 2. The van der Waals surface area contributed by atoms with Gasteiger partial charge in [0.1, 0.15) is 0 Å². The molecule has 2 rings (SSSR count). The second kappa shape index (κ2) is 5.43. The first-order valence-corrected chi connectivity index (χ1v) is 6.81. The maximum absolute atomic E-state index is 5.76. The number of nitrogens with zero attached hydrogens (tertiary/aromatic N) is 1. The zero-order valence-electron chi connectivity index (χ0n) is 10.3. The third-order valence-electron chi connectivity index (χ3n) is 2.79. The van der Waals surface area contributed by atoms with Crippen LogP contribution in [0.15, 0.2) is 29.6 Å². The molecule has 0 aliphatic rings. The summed E-state index contributed by atoms with van der Waals surface area (Å²) in [5, 5.41) is 3.32. The maximum atomic E-state index is 5.76. The molecule has 17 heavy (non-hydrogen) atoms. The molecule has 0 aliphatic heterocycles. The van der Waals surface area contributed by atoms with Gasteiger partial charge in [0.25, 0.3) is 0 Å². The predicted octanol–water partition coefficient (Wildman–Crippen LogP) is 3.40. The van der Waals surface area contributed by atoms with Gasteiger partial charge in [-0.15, -0.1) is 11.3 Å². The molecule has 0 radical (unpaired) electrons. The summed E-state index contributed by atoms with van der Waals surface area (Å²) in [7, 11) is 0. The average molecular weight is 246 g/mol. The first-order valence-electron chi connectivity index (χ1n) is 5.93. The van der Waals surface area contributed by atoms with Crippen LogP contribution in [0.2, 0.25) is 0 Å². The van der Waals surface area contributed by atoms with Crippen molar-refractivity contribution in [3.8, 4) is 11.3 Å². The summed E-state index contributed by atoms with van der Waals surface area (Å²) in [5.41, 5.74) is 9.36. The van der Waals surface area contributed by atoms with E-state index in [0.717, 1.165) is 18.5 Å². The molecule has 1 atom stereocenters. The van der Waals surface area contributed by atoms with Gasteiger partial charge in [-0.3, -0.25) is 0 Å². The van der Waals surface area contributed by atoms with Crippen LogP contribution in [0.5, 0.6) is 0 Å². The van der Waals surface area contributed by atoms with Gasteiger partial charge in [0.15, 0.2) is 0 Å². The van der Waals surface area contributed by atoms with Gasteiger partial charge >= 0.3 is 0 Å². The number of hydrogen-bond acceptors (Lipinski definition) is 3. The Morgan fingerprint density at radius 3 is 2.82 bits per heavy atom. The molecule has 1 heterocycles. The van der Waals surface area contributed by atoms with Crippen LogP contribution in [0.1, 0.15) is 23.9 Å². The van der Waals surface area contributed by atoms with E-state index < -0.39 is 0 Å². The molecule has 1 aromatic carbocycles. The van der Waals surface area contributed by atoms with Crippen molar-refractivity contribution in [2.75, 3.05) is 0 Å². The van der Waals surface area contributed by atoms with E-state index in [9.17, 15) is 0 Å². The standard InChI is InChI=1S/C14H18N2S/c1-10-5-3-4-6-12(10)13-9-17-14(16-13)8-7-11(2)15/h3-6,9,11H,7-8,15H2,1-2H3. The molecule has 0 saturated heterocycles. The number of hydrogen-bond donors (Lipinski definition) is 1. The Morgan fingerprint density at radius 2 is 2.12 bits per heavy atom. The van der Waals surface area contributed by atoms with Gasteiger partial charge in [0.05, 0.1) is 10.7 Å². The molecule has 1 aromatic heterocycles. The van der Waals surface area contributed by atoms with Crippen LogP contribution in [0.25, 0.3) is 11.3 Å². The van der Waals surface area contributed by atoms with Crippen molar-refractivity contribution in [2.45, 2.75) is 32.7 Å². The van der Waals surface area contributed by atoms with E-state index in [1.807, 2.05) is 6.92 Å². The molecule has 0 bridgehead atoms. The lowest BCUT2D eigenvalue weighted by Gasteiger charge is -2.02. The summed E-state index contributed by atoms with van der Waals surface area (Å²) in [4.78, 5) is 4.68. The fourth-order valence-electron chi connectivity index (χ4n) is 1.76. The molecule has 2 nitrogen and oxygen atoms in total. The minimum absolute atomic E-state index is 0.251. The number of rotatable bonds is 4. The van der Waals surface area contributed by atoms with E-state index >= 15 is 0 Å². The first-order chi connectivity index (χ1) is 8.16. The van der Waals surface area contributed by atoms with Gasteiger partial charge in [-0.2, -0.15) is 0 Å². The number of thiazole rings is 1. The molecule has 0 aliphatic carbocycles. The summed E-state index contributed by atoms with van der Waals surface area (Å²) in [5.74, 6) is 0. The lowest BCUT2D eigenvalue weighted by Crippen LogP contribution is -2.15. The zero-order chi connectivity index (χ0) is 12.3. The van der Waals surface area contributed by atoms with E-state index in [1.54, 1.807) is 11.3 Å². The van der Waals surface area contributed by atoms with Crippen LogP contribution < -0.4 is 5.73 Å². The smallest absolute Gasteiger partial charge is 0.0933 e. The van der Waals surface area contributed by atoms with Crippen molar-refractivity contribution < 1.29 is 0 Å². The van der Waals surface area contributed by atoms with Gasteiger partial charge in [-0.05, 0) is 25.8 Å². The van der Waals surface area contributed by atoms with Gasteiger partial charge < -0.3 is 5.73 Å². The molecule has 0 spiro atoms. The van der Waals surface area contributed by atoms with Gasteiger partial charge in [-0.25, -0.2) is 4.98 Å². The lowest BCUT2D eigenvalue weighted by molar-refractivity contribution is 0.664. The molecule has 2 N–H and O–H groups in total. The van der Waals surface area contributed by atoms with Crippen LogP contribution in [-0.4, -0.2) is 11.0 Å². The molecule has 2 aromatic rings. The van der Waals surface area contributed by atoms with Crippen LogP contribution in [-0.2, 0) is 6.42 Å². The van der Waals surface area contributed by atoms with Crippen molar-refractivity contribution in [1.29, 1.82) is 0 Å². The normalized spacial score (nSPS) is 12.6. The molecule has 1 unspecified atom stereocenters. The van der Waals surface area contributed by atoms with E-state index in [1.165, 1.54) is 16.1 Å². The van der Waals surface area contributed by atoms with Crippen LogP contribution in [0.3, 0.4) is 0 Å². The van der Waals surface area contributed by atoms with Crippen molar-refractivity contribution >= 4 is 11.3 Å². The minimum Gasteiger partial charge on any atom is -0.328 e. The number of aromatic nitrogens is 1. The Balaban J connectivity index is 2.16. The van der Waals surface area contributed by atoms with Crippen molar-refractivity contribution in [2.24, 2.45) is 5.73 Å². The molecule has 0 saturated carbocycles. The van der Waals surface area contributed by atoms with E-state index in [0.29, 0.717) is 0 Å². The highest BCUT2D eigenvalue weighted by Gasteiger charge is 2.07. The minimum atomic E-state index is 0.251. The Labute approximate surface area is 107 Å². The second-order valence-electron chi connectivity index (χ2n) is 4.46. The molecule has 0 amide bonds. The Morgan fingerprint density at radius 1 is 1.35 bits per heavy atom. The predicted molar refractivity (Wildman–Crippen MR) is 74.3 cm³/mol. The van der Waals surface area contributed by atoms with Gasteiger partial charge in [0, 0.05) is 23.4 Å². The first kappa shape index (κ1) is 12.3. The summed E-state index contributed by atoms with van der Waals surface area (Å²) in [6.45, 7) is 4.16. The molecule has 3 heteroatoms. The van der Waals surface area contributed by atoms with E-state index in [-0.39, 0.29) is 6.04 Å². The summed E-state index contributed by atoms with van der Waals surface area (Å²) in [6.07, 6.45) is 1.98. The monoisotopic (exact) mass is 246 g/mol. The molecular formula is C14H18N2S. The van der Waals surface area contributed by atoms with Crippen molar-refractivity contribution in [1.82, 2.24) is 4.98 Å². The largest absolute Gasteiger partial charge is 0.328 e. The molecular weight excluding hydrogens is 228 g/mol. The average Bonchev–Trinajstić information content (AvgIpc) is 2.75. The van der Waals surface area contributed by atoms with Crippen molar-refractivity contribution in [3.05, 3.63) is 40.2 Å². The summed E-state index contributed by atoms with van der Waals surface area (Å²) < 4.78 is 0. The Kier molecular flexibility index (Phi) is 3.92. The molecule has 0 fully saturated rings. The van der Waals surface area contributed by atoms with Crippen molar-refractivity contribution in [3.63, 3.8) is 0 Å². The number of nitrogens with two attached hydrogens (primary N) is 1. The summed E-state index contributed by atoms with van der Waals surface area (Å²) >= 11 is 1.73. The van der Waals surface area contributed by atoms with Crippen LogP contribution in [0, 0.1) is 6.92 Å².